The lowest BCUT2D eigenvalue weighted by atomic mass is 9.80. The average Bonchev–Trinajstić information content (AvgIpc) is 2.16. The van der Waals surface area contributed by atoms with Crippen LogP contribution < -0.4 is 0 Å². The summed E-state index contributed by atoms with van der Waals surface area (Å²) in [7, 11) is 0. The van der Waals surface area contributed by atoms with Crippen LogP contribution in [0.2, 0.25) is 0 Å². The van der Waals surface area contributed by atoms with Crippen LogP contribution in [0.4, 0.5) is 0 Å². The lowest BCUT2D eigenvalue weighted by Gasteiger charge is -2.43. The minimum absolute atomic E-state index is 0.0807. The molecule has 2 unspecified atom stereocenters. The van der Waals surface area contributed by atoms with E-state index < -0.39 is 0 Å². The number of carbonyl (C=O) groups excluding carboxylic acids is 1. The molecular formula is C13H23NO. The van der Waals surface area contributed by atoms with Gasteiger partial charge in [0.25, 0.3) is 0 Å². The largest absolute Gasteiger partial charge is 0.334 e. The molecule has 2 heteroatoms. The topological polar surface area (TPSA) is 20.3 Å². The molecule has 0 aromatic rings. The van der Waals surface area contributed by atoms with Crippen LogP contribution >= 0.6 is 0 Å². The molecule has 0 aliphatic carbocycles. The van der Waals surface area contributed by atoms with E-state index in [0.29, 0.717) is 12.1 Å². The van der Waals surface area contributed by atoms with Gasteiger partial charge in [0.1, 0.15) is 0 Å². The van der Waals surface area contributed by atoms with Gasteiger partial charge in [-0.1, -0.05) is 20.4 Å². The molecule has 1 saturated heterocycles. The number of carbonyl (C=O) groups is 1. The van der Waals surface area contributed by atoms with Gasteiger partial charge in [-0.15, -0.1) is 0 Å². The van der Waals surface area contributed by atoms with Gasteiger partial charge in [0.2, 0.25) is 5.91 Å². The number of nitrogens with zero attached hydrogens (tertiary/aromatic N) is 1. The fourth-order valence-electron chi connectivity index (χ4n) is 2.72. The number of piperidine rings is 1. The minimum Gasteiger partial charge on any atom is -0.334 e. The maximum Gasteiger partial charge on any atom is 0.246 e. The molecule has 0 aromatic carbocycles. The SMILES string of the molecule is C=CC(=O)N1C(C)CC(C(C)C)CC1C. The summed E-state index contributed by atoms with van der Waals surface area (Å²) in [5.41, 5.74) is 0. The molecule has 1 aliphatic rings. The van der Waals surface area contributed by atoms with E-state index in [2.05, 4.69) is 34.3 Å². The highest BCUT2D eigenvalue weighted by atomic mass is 16.2. The van der Waals surface area contributed by atoms with Crippen LogP contribution in [0.5, 0.6) is 0 Å². The molecule has 2 atom stereocenters. The number of hydrogen-bond acceptors (Lipinski definition) is 1. The van der Waals surface area contributed by atoms with E-state index in [0.717, 1.165) is 24.7 Å². The summed E-state index contributed by atoms with van der Waals surface area (Å²) in [4.78, 5) is 13.7. The Kier molecular flexibility index (Phi) is 3.95. The summed E-state index contributed by atoms with van der Waals surface area (Å²) in [6, 6.07) is 0.707. The number of rotatable bonds is 2. The molecule has 15 heavy (non-hydrogen) atoms. The summed E-state index contributed by atoms with van der Waals surface area (Å²) in [6.45, 7) is 12.4. The summed E-state index contributed by atoms with van der Waals surface area (Å²) in [6.07, 6.45) is 3.69. The number of amides is 1. The first-order chi connectivity index (χ1) is 6.97. The molecule has 1 fully saturated rings. The van der Waals surface area contributed by atoms with Crippen molar-refractivity contribution in [1.29, 1.82) is 0 Å². The van der Waals surface area contributed by atoms with Crippen molar-refractivity contribution < 1.29 is 4.79 Å². The number of likely N-dealkylation sites (tertiary alicyclic amines) is 1. The van der Waals surface area contributed by atoms with Gasteiger partial charge in [0.05, 0.1) is 0 Å². The first-order valence-electron chi connectivity index (χ1n) is 5.92. The Morgan fingerprint density at radius 3 is 2.13 bits per heavy atom. The number of hydrogen-bond donors (Lipinski definition) is 0. The fraction of sp³-hybridized carbons (Fsp3) is 0.769. The van der Waals surface area contributed by atoms with Gasteiger partial charge < -0.3 is 4.90 Å². The third-order valence-electron chi connectivity index (χ3n) is 3.61. The normalized spacial score (nSPS) is 31.8. The molecule has 1 aliphatic heterocycles. The first kappa shape index (κ1) is 12.3. The van der Waals surface area contributed by atoms with Gasteiger partial charge in [-0.25, -0.2) is 0 Å². The van der Waals surface area contributed by atoms with Gasteiger partial charge in [-0.2, -0.15) is 0 Å². The van der Waals surface area contributed by atoms with E-state index in [4.69, 9.17) is 0 Å². The zero-order valence-corrected chi connectivity index (χ0v) is 10.4. The third-order valence-corrected chi connectivity index (χ3v) is 3.61. The van der Waals surface area contributed by atoms with E-state index in [1.54, 1.807) is 0 Å². The van der Waals surface area contributed by atoms with Crippen LogP contribution in [-0.2, 0) is 4.79 Å². The molecule has 0 N–H and O–H groups in total. The molecule has 1 heterocycles. The van der Waals surface area contributed by atoms with Crippen LogP contribution in [0.3, 0.4) is 0 Å². The maximum absolute atomic E-state index is 11.7. The van der Waals surface area contributed by atoms with E-state index in [-0.39, 0.29) is 5.91 Å². The molecular weight excluding hydrogens is 186 g/mol. The predicted molar refractivity (Wildman–Crippen MR) is 63.5 cm³/mol. The highest BCUT2D eigenvalue weighted by Crippen LogP contribution is 2.32. The van der Waals surface area contributed by atoms with Crippen LogP contribution in [0.15, 0.2) is 12.7 Å². The Morgan fingerprint density at radius 1 is 1.33 bits per heavy atom. The van der Waals surface area contributed by atoms with Crippen molar-refractivity contribution >= 4 is 5.91 Å². The Hall–Kier alpha value is -0.790. The summed E-state index contributed by atoms with van der Waals surface area (Å²) < 4.78 is 0. The molecule has 1 amide bonds. The van der Waals surface area contributed by atoms with Gasteiger partial charge in [-0.3, -0.25) is 4.79 Å². The second kappa shape index (κ2) is 4.82. The fourth-order valence-corrected chi connectivity index (χ4v) is 2.72. The summed E-state index contributed by atoms with van der Waals surface area (Å²) in [5, 5.41) is 0. The lowest BCUT2D eigenvalue weighted by Crippen LogP contribution is -2.50. The van der Waals surface area contributed by atoms with Crippen LogP contribution in [0.25, 0.3) is 0 Å². The average molecular weight is 209 g/mol. The van der Waals surface area contributed by atoms with Crippen LogP contribution in [-0.4, -0.2) is 22.9 Å². The minimum atomic E-state index is 0.0807. The molecule has 1 rings (SSSR count). The zero-order valence-electron chi connectivity index (χ0n) is 10.4. The van der Waals surface area contributed by atoms with Gasteiger partial charge in [0, 0.05) is 12.1 Å². The standard InChI is InChI=1S/C13H23NO/c1-6-13(15)14-10(4)7-12(9(2)3)8-11(14)5/h6,9-12H,1,7-8H2,2-5H3. The van der Waals surface area contributed by atoms with Crippen LogP contribution in [0, 0.1) is 11.8 Å². The first-order valence-corrected chi connectivity index (χ1v) is 5.92. The maximum atomic E-state index is 11.7. The molecule has 0 spiro atoms. The van der Waals surface area contributed by atoms with E-state index >= 15 is 0 Å². The van der Waals surface area contributed by atoms with Gasteiger partial charge in [0.15, 0.2) is 0 Å². The molecule has 0 radical (unpaired) electrons. The van der Waals surface area contributed by atoms with E-state index in [1.807, 2.05) is 4.90 Å². The Morgan fingerprint density at radius 2 is 1.80 bits per heavy atom. The quantitative estimate of drug-likeness (QED) is 0.640. The monoisotopic (exact) mass is 209 g/mol. The van der Waals surface area contributed by atoms with Crippen molar-refractivity contribution in [3.05, 3.63) is 12.7 Å². The summed E-state index contributed by atoms with van der Waals surface area (Å²) >= 11 is 0. The predicted octanol–water partition coefficient (Wildman–Crippen LogP) is 2.84. The van der Waals surface area contributed by atoms with Crippen molar-refractivity contribution in [2.45, 2.75) is 52.6 Å². The van der Waals surface area contributed by atoms with Crippen molar-refractivity contribution in [3.63, 3.8) is 0 Å². The molecule has 0 aromatic heterocycles. The smallest absolute Gasteiger partial charge is 0.246 e. The Labute approximate surface area is 93.3 Å². The Bertz CT molecular complexity index is 235. The molecule has 86 valence electrons. The molecule has 2 nitrogen and oxygen atoms in total. The van der Waals surface area contributed by atoms with Gasteiger partial charge in [-0.05, 0) is 44.6 Å². The van der Waals surface area contributed by atoms with Crippen molar-refractivity contribution in [1.82, 2.24) is 4.90 Å². The van der Waals surface area contributed by atoms with E-state index in [9.17, 15) is 4.79 Å². The Balaban J connectivity index is 2.72. The molecule has 0 bridgehead atoms. The van der Waals surface area contributed by atoms with E-state index in [1.165, 1.54) is 6.08 Å². The van der Waals surface area contributed by atoms with Crippen molar-refractivity contribution in [2.75, 3.05) is 0 Å². The highest BCUT2D eigenvalue weighted by molar-refractivity contribution is 5.87. The third kappa shape index (κ3) is 2.61. The van der Waals surface area contributed by atoms with Gasteiger partial charge >= 0.3 is 0 Å². The zero-order chi connectivity index (χ0) is 11.6. The lowest BCUT2D eigenvalue weighted by molar-refractivity contribution is -0.133. The molecule has 0 saturated carbocycles. The van der Waals surface area contributed by atoms with Crippen molar-refractivity contribution in [2.24, 2.45) is 11.8 Å². The second-order valence-corrected chi connectivity index (χ2v) is 5.12. The summed E-state index contributed by atoms with van der Waals surface area (Å²) in [5.74, 6) is 1.55. The van der Waals surface area contributed by atoms with Crippen LogP contribution in [0.1, 0.15) is 40.5 Å². The second-order valence-electron chi connectivity index (χ2n) is 5.12. The van der Waals surface area contributed by atoms with Crippen molar-refractivity contribution in [3.8, 4) is 0 Å². The highest BCUT2D eigenvalue weighted by Gasteiger charge is 2.33.